The number of aryl methyl sites for hydroxylation is 1. The van der Waals surface area contributed by atoms with Gasteiger partial charge in [-0.25, -0.2) is 4.79 Å². The van der Waals surface area contributed by atoms with E-state index in [9.17, 15) is 13.2 Å². The van der Waals surface area contributed by atoms with Crippen LogP contribution in [0.5, 0.6) is 0 Å². The number of fused-ring (bicyclic) bond motifs is 2. The normalized spacial score (nSPS) is 16.9. The number of carboxylic acids is 1. The molecule has 1 aliphatic carbocycles. The highest BCUT2D eigenvalue weighted by Crippen LogP contribution is 2.47. The lowest BCUT2D eigenvalue weighted by Crippen LogP contribution is -2.41. The summed E-state index contributed by atoms with van der Waals surface area (Å²) in [7, 11) is 0. The molecule has 0 radical (unpaired) electrons. The standard InChI is InChI=1S/C20H20N4S.C2HF3O2/c1-2-17(13-21-9-1)16-4-3-15-5-6-20(18(15)12-16)7-10-24(11-8-20)19-23-22-14-25-19;3-2(4,5)1(6)7/h1-4,9,12-14H,5-8,10-11H2;(H,6,7). The summed E-state index contributed by atoms with van der Waals surface area (Å²) < 4.78 is 31.7. The number of aromatic nitrogens is 3. The second kappa shape index (κ2) is 8.85. The minimum atomic E-state index is -5.08. The highest BCUT2D eigenvalue weighted by Gasteiger charge is 2.41. The third-order valence-corrected chi connectivity index (χ3v) is 6.88. The molecule has 1 N–H and O–H groups in total. The molecule has 3 aromatic rings. The average Bonchev–Trinajstić information content (AvgIpc) is 3.44. The van der Waals surface area contributed by atoms with Gasteiger partial charge < -0.3 is 10.0 Å². The lowest BCUT2D eigenvalue weighted by Gasteiger charge is -2.40. The van der Waals surface area contributed by atoms with Gasteiger partial charge in [-0.05, 0) is 59.4 Å². The molecular weight excluding hydrogens is 441 g/mol. The summed E-state index contributed by atoms with van der Waals surface area (Å²) in [5.74, 6) is -2.76. The Morgan fingerprint density at radius 3 is 2.47 bits per heavy atom. The average molecular weight is 462 g/mol. The molecule has 1 spiro atoms. The van der Waals surface area contributed by atoms with Gasteiger partial charge in [-0.2, -0.15) is 13.2 Å². The first-order valence-electron chi connectivity index (χ1n) is 10.1. The van der Waals surface area contributed by atoms with Crippen LogP contribution in [0.25, 0.3) is 11.1 Å². The van der Waals surface area contributed by atoms with Gasteiger partial charge in [-0.1, -0.05) is 35.6 Å². The number of anilines is 1. The molecule has 0 amide bonds. The topological polar surface area (TPSA) is 79.2 Å². The molecule has 32 heavy (non-hydrogen) atoms. The van der Waals surface area contributed by atoms with Crippen molar-refractivity contribution in [2.75, 3.05) is 18.0 Å². The molecule has 2 aliphatic rings. The van der Waals surface area contributed by atoms with E-state index in [2.05, 4.69) is 44.3 Å². The summed E-state index contributed by atoms with van der Waals surface area (Å²) in [6.45, 7) is 2.15. The minimum Gasteiger partial charge on any atom is -0.475 e. The number of hydrogen-bond acceptors (Lipinski definition) is 6. The second-order valence-electron chi connectivity index (χ2n) is 7.91. The molecule has 1 aliphatic heterocycles. The first-order chi connectivity index (χ1) is 15.3. The van der Waals surface area contributed by atoms with Crippen molar-refractivity contribution in [1.82, 2.24) is 15.2 Å². The minimum absolute atomic E-state index is 0.342. The van der Waals surface area contributed by atoms with Crippen molar-refractivity contribution in [2.45, 2.75) is 37.3 Å². The van der Waals surface area contributed by atoms with Crippen molar-refractivity contribution in [3.05, 3.63) is 59.4 Å². The van der Waals surface area contributed by atoms with E-state index in [1.165, 1.54) is 42.4 Å². The van der Waals surface area contributed by atoms with Gasteiger partial charge in [0.1, 0.15) is 5.51 Å². The van der Waals surface area contributed by atoms with E-state index in [0.29, 0.717) is 5.41 Å². The smallest absolute Gasteiger partial charge is 0.475 e. The summed E-state index contributed by atoms with van der Waals surface area (Å²) in [4.78, 5) is 15.6. The third-order valence-electron chi connectivity index (χ3n) is 6.13. The molecule has 0 unspecified atom stereocenters. The van der Waals surface area contributed by atoms with Crippen molar-refractivity contribution < 1.29 is 23.1 Å². The molecule has 10 heteroatoms. The molecule has 0 saturated carbocycles. The summed E-state index contributed by atoms with van der Waals surface area (Å²) in [6.07, 6.45) is 3.61. The van der Waals surface area contributed by atoms with E-state index in [0.717, 1.165) is 18.2 Å². The maximum Gasteiger partial charge on any atom is 0.490 e. The van der Waals surface area contributed by atoms with Crippen LogP contribution in [0.1, 0.15) is 30.4 Å². The van der Waals surface area contributed by atoms with E-state index in [1.807, 2.05) is 24.0 Å². The number of nitrogens with zero attached hydrogens (tertiary/aromatic N) is 4. The second-order valence-corrected chi connectivity index (χ2v) is 8.72. The quantitative estimate of drug-likeness (QED) is 0.594. The number of alkyl halides is 3. The number of carbonyl (C=O) groups is 1. The Labute approximate surface area is 186 Å². The van der Waals surface area contributed by atoms with Gasteiger partial charge in [0.05, 0.1) is 0 Å². The van der Waals surface area contributed by atoms with Crippen LogP contribution in [-0.2, 0) is 16.6 Å². The fraction of sp³-hybridized carbons (Fsp3) is 0.364. The molecule has 168 valence electrons. The number of rotatable bonds is 2. The molecule has 5 rings (SSSR count). The van der Waals surface area contributed by atoms with E-state index in [4.69, 9.17) is 9.90 Å². The number of pyridine rings is 1. The molecular formula is C22H21F3N4O2S. The van der Waals surface area contributed by atoms with Gasteiger partial charge in [-0.3, -0.25) is 4.98 Å². The van der Waals surface area contributed by atoms with Crippen molar-refractivity contribution in [3.8, 4) is 11.1 Å². The van der Waals surface area contributed by atoms with Gasteiger partial charge in [0.25, 0.3) is 0 Å². The van der Waals surface area contributed by atoms with Crippen LogP contribution in [0.3, 0.4) is 0 Å². The van der Waals surface area contributed by atoms with Crippen LogP contribution in [0.2, 0.25) is 0 Å². The molecule has 6 nitrogen and oxygen atoms in total. The van der Waals surface area contributed by atoms with Gasteiger partial charge in [0, 0.05) is 25.5 Å². The van der Waals surface area contributed by atoms with Gasteiger partial charge in [0.15, 0.2) is 0 Å². The van der Waals surface area contributed by atoms with Gasteiger partial charge in [0.2, 0.25) is 5.13 Å². The molecule has 3 heterocycles. The monoisotopic (exact) mass is 462 g/mol. The highest BCUT2D eigenvalue weighted by atomic mass is 32.1. The van der Waals surface area contributed by atoms with E-state index < -0.39 is 12.1 Å². The Hall–Kier alpha value is -3.01. The Balaban J connectivity index is 0.000000307. The fourth-order valence-electron chi connectivity index (χ4n) is 4.46. The molecule has 0 atom stereocenters. The SMILES string of the molecule is O=C(O)C(F)(F)F.c1cncc(-c2ccc3c(c2)C2(CC3)CCN(c3nncs3)CC2)c1. The molecule has 0 bridgehead atoms. The summed E-state index contributed by atoms with van der Waals surface area (Å²) in [5, 5.41) is 16.4. The summed E-state index contributed by atoms with van der Waals surface area (Å²) in [5.41, 5.74) is 7.78. The molecule has 1 aromatic carbocycles. The number of halogens is 3. The summed E-state index contributed by atoms with van der Waals surface area (Å²) in [6, 6.07) is 11.2. The third kappa shape index (κ3) is 4.59. The highest BCUT2D eigenvalue weighted by molar-refractivity contribution is 7.13. The number of carboxylic acid groups (broad SMARTS) is 1. The lowest BCUT2D eigenvalue weighted by atomic mass is 9.73. The zero-order chi connectivity index (χ0) is 22.8. The first kappa shape index (κ1) is 22.2. The van der Waals surface area contributed by atoms with Crippen LogP contribution >= 0.6 is 11.3 Å². The predicted octanol–water partition coefficient (Wildman–Crippen LogP) is 4.72. The zero-order valence-corrected chi connectivity index (χ0v) is 17.9. The first-order valence-corrected chi connectivity index (χ1v) is 11.0. The van der Waals surface area contributed by atoms with E-state index in [-0.39, 0.29) is 0 Å². The van der Waals surface area contributed by atoms with Crippen molar-refractivity contribution >= 4 is 22.4 Å². The molecule has 2 aromatic heterocycles. The van der Waals surface area contributed by atoms with Gasteiger partial charge >= 0.3 is 12.1 Å². The maximum atomic E-state index is 10.6. The van der Waals surface area contributed by atoms with Crippen LogP contribution in [-0.4, -0.2) is 45.5 Å². The fourth-order valence-corrected chi connectivity index (χ4v) is 5.07. The Bertz CT molecular complexity index is 1070. The lowest BCUT2D eigenvalue weighted by molar-refractivity contribution is -0.192. The van der Waals surface area contributed by atoms with Crippen molar-refractivity contribution in [1.29, 1.82) is 0 Å². The summed E-state index contributed by atoms with van der Waals surface area (Å²) >= 11 is 1.64. The maximum absolute atomic E-state index is 10.6. The van der Waals surface area contributed by atoms with Crippen LogP contribution in [0, 0.1) is 0 Å². The number of hydrogen-bond donors (Lipinski definition) is 1. The largest absolute Gasteiger partial charge is 0.490 e. The van der Waals surface area contributed by atoms with Crippen LogP contribution in [0.4, 0.5) is 18.3 Å². The van der Waals surface area contributed by atoms with Gasteiger partial charge in [-0.15, -0.1) is 10.2 Å². The Morgan fingerprint density at radius 1 is 1.12 bits per heavy atom. The van der Waals surface area contributed by atoms with E-state index >= 15 is 0 Å². The zero-order valence-electron chi connectivity index (χ0n) is 17.0. The van der Waals surface area contributed by atoms with E-state index in [1.54, 1.807) is 16.9 Å². The molecule has 1 fully saturated rings. The molecule has 1 saturated heterocycles. The van der Waals surface area contributed by atoms with Crippen molar-refractivity contribution in [3.63, 3.8) is 0 Å². The van der Waals surface area contributed by atoms with Crippen molar-refractivity contribution in [2.24, 2.45) is 0 Å². The number of benzene rings is 1. The Kier molecular flexibility index (Phi) is 6.14. The predicted molar refractivity (Wildman–Crippen MR) is 115 cm³/mol. The van der Waals surface area contributed by atoms with Crippen LogP contribution < -0.4 is 4.90 Å². The number of piperidine rings is 1. The van der Waals surface area contributed by atoms with Crippen LogP contribution in [0.15, 0.2) is 48.2 Å². The Morgan fingerprint density at radius 2 is 1.88 bits per heavy atom. The number of aliphatic carboxylic acids is 1.